The maximum atomic E-state index is 9.75. The van der Waals surface area contributed by atoms with E-state index in [9.17, 15) is 5.11 Å². The number of ether oxygens (including phenoxy) is 1. The molecule has 19 heavy (non-hydrogen) atoms. The number of nitrogens with zero attached hydrogens (tertiary/aromatic N) is 1. The van der Waals surface area contributed by atoms with Crippen LogP contribution in [0.2, 0.25) is 0 Å². The van der Waals surface area contributed by atoms with Gasteiger partial charge in [-0.2, -0.15) is 0 Å². The lowest BCUT2D eigenvalue weighted by Crippen LogP contribution is -2.62. The van der Waals surface area contributed by atoms with E-state index < -0.39 is 0 Å². The van der Waals surface area contributed by atoms with Gasteiger partial charge in [-0.3, -0.25) is 4.90 Å². The Kier molecular flexibility index (Phi) is 5.63. The molecule has 2 atom stereocenters. The summed E-state index contributed by atoms with van der Waals surface area (Å²) >= 11 is 0. The molecule has 1 heterocycles. The van der Waals surface area contributed by atoms with E-state index in [0.717, 1.165) is 32.7 Å². The maximum absolute atomic E-state index is 9.75. The van der Waals surface area contributed by atoms with Crippen LogP contribution in [0, 0.1) is 0 Å². The van der Waals surface area contributed by atoms with E-state index >= 15 is 0 Å². The van der Waals surface area contributed by atoms with Crippen molar-refractivity contribution in [3.63, 3.8) is 0 Å². The second kappa shape index (κ2) is 7.02. The van der Waals surface area contributed by atoms with E-state index in [-0.39, 0.29) is 11.6 Å². The van der Waals surface area contributed by atoms with Crippen LogP contribution in [0.25, 0.3) is 0 Å². The molecule has 2 rings (SSSR count). The fourth-order valence-corrected chi connectivity index (χ4v) is 3.67. The Bertz CT molecular complexity index is 261. The van der Waals surface area contributed by atoms with Crippen LogP contribution in [-0.4, -0.2) is 60.5 Å². The summed E-state index contributed by atoms with van der Waals surface area (Å²) in [6, 6.07) is 0.439. The fourth-order valence-electron chi connectivity index (χ4n) is 3.67. The Morgan fingerprint density at radius 2 is 1.89 bits per heavy atom. The maximum Gasteiger partial charge on any atom is 0.0662 e. The minimum atomic E-state index is -0.217. The molecular formula is C15H30N2O2. The Labute approximate surface area is 117 Å². The van der Waals surface area contributed by atoms with Gasteiger partial charge in [0, 0.05) is 31.2 Å². The zero-order valence-corrected chi connectivity index (χ0v) is 12.5. The predicted molar refractivity (Wildman–Crippen MR) is 77.4 cm³/mol. The second-order valence-electron chi connectivity index (χ2n) is 6.10. The summed E-state index contributed by atoms with van der Waals surface area (Å²) < 4.78 is 5.50. The number of morpholine rings is 1. The number of aliphatic hydroxyl groups is 1. The molecule has 0 radical (unpaired) electrons. The highest BCUT2D eigenvalue weighted by atomic mass is 16.5. The van der Waals surface area contributed by atoms with Crippen molar-refractivity contribution in [2.24, 2.45) is 0 Å². The molecule has 2 fully saturated rings. The van der Waals surface area contributed by atoms with Gasteiger partial charge < -0.3 is 15.2 Å². The summed E-state index contributed by atoms with van der Waals surface area (Å²) in [6.45, 7) is 8.89. The summed E-state index contributed by atoms with van der Waals surface area (Å²) in [5.41, 5.74) is 0.289. The molecule has 1 saturated heterocycles. The number of hydrogen-bond donors (Lipinski definition) is 2. The van der Waals surface area contributed by atoms with E-state index in [2.05, 4.69) is 17.1 Å². The van der Waals surface area contributed by atoms with Gasteiger partial charge in [0.15, 0.2) is 0 Å². The van der Waals surface area contributed by atoms with Crippen molar-refractivity contribution >= 4 is 0 Å². The molecule has 1 unspecified atom stereocenters. The quantitative estimate of drug-likeness (QED) is 0.765. The van der Waals surface area contributed by atoms with Gasteiger partial charge >= 0.3 is 0 Å². The average Bonchev–Trinajstić information content (AvgIpc) is 2.96. The third-order valence-electron chi connectivity index (χ3n) is 5.05. The first-order valence-electron chi connectivity index (χ1n) is 7.93. The van der Waals surface area contributed by atoms with Crippen LogP contribution in [0.4, 0.5) is 0 Å². The molecular weight excluding hydrogens is 240 g/mol. The molecule has 112 valence electrons. The van der Waals surface area contributed by atoms with Crippen LogP contribution in [0.5, 0.6) is 0 Å². The highest BCUT2D eigenvalue weighted by Gasteiger charge is 2.44. The molecule has 1 aliphatic carbocycles. The number of nitrogens with one attached hydrogen (secondary N) is 1. The third kappa shape index (κ3) is 3.48. The van der Waals surface area contributed by atoms with Crippen LogP contribution < -0.4 is 5.32 Å². The SMILES string of the molecule is CC[C@@H](O)CNC(C)C1(N2CCOCC2)CCCC1. The molecule has 1 aliphatic heterocycles. The molecule has 1 saturated carbocycles. The van der Waals surface area contributed by atoms with Crippen LogP contribution in [0.15, 0.2) is 0 Å². The fraction of sp³-hybridized carbons (Fsp3) is 1.00. The first-order chi connectivity index (χ1) is 9.19. The highest BCUT2D eigenvalue weighted by Crippen LogP contribution is 2.38. The lowest BCUT2D eigenvalue weighted by atomic mass is 9.86. The van der Waals surface area contributed by atoms with E-state index in [4.69, 9.17) is 4.74 Å². The van der Waals surface area contributed by atoms with Gasteiger partial charge in [-0.1, -0.05) is 19.8 Å². The van der Waals surface area contributed by atoms with Crippen LogP contribution in [0.3, 0.4) is 0 Å². The Morgan fingerprint density at radius 3 is 2.47 bits per heavy atom. The van der Waals surface area contributed by atoms with Crippen molar-refractivity contribution in [3.05, 3.63) is 0 Å². The number of rotatable bonds is 6. The Balaban J connectivity index is 1.97. The van der Waals surface area contributed by atoms with Crippen molar-refractivity contribution in [1.82, 2.24) is 10.2 Å². The van der Waals surface area contributed by atoms with E-state index in [0.29, 0.717) is 12.6 Å². The smallest absolute Gasteiger partial charge is 0.0662 e. The lowest BCUT2D eigenvalue weighted by molar-refractivity contribution is -0.0344. The summed E-state index contributed by atoms with van der Waals surface area (Å²) in [7, 11) is 0. The normalized spacial score (nSPS) is 27.3. The average molecular weight is 270 g/mol. The van der Waals surface area contributed by atoms with Crippen molar-refractivity contribution in [3.8, 4) is 0 Å². The van der Waals surface area contributed by atoms with Crippen molar-refractivity contribution in [2.75, 3.05) is 32.8 Å². The van der Waals surface area contributed by atoms with Gasteiger partial charge in [0.1, 0.15) is 0 Å². The van der Waals surface area contributed by atoms with Gasteiger partial charge in [-0.15, -0.1) is 0 Å². The number of aliphatic hydroxyl groups excluding tert-OH is 1. The molecule has 0 amide bonds. The minimum absolute atomic E-state index is 0.217. The van der Waals surface area contributed by atoms with Crippen molar-refractivity contribution in [2.45, 2.75) is 63.6 Å². The first-order valence-corrected chi connectivity index (χ1v) is 7.93. The second-order valence-corrected chi connectivity index (χ2v) is 6.10. The molecule has 0 bridgehead atoms. The van der Waals surface area contributed by atoms with Crippen molar-refractivity contribution < 1.29 is 9.84 Å². The zero-order valence-electron chi connectivity index (χ0n) is 12.5. The molecule has 2 N–H and O–H groups in total. The van der Waals surface area contributed by atoms with Crippen molar-refractivity contribution in [1.29, 1.82) is 0 Å². The van der Waals surface area contributed by atoms with Crippen LogP contribution in [0.1, 0.15) is 46.0 Å². The third-order valence-corrected chi connectivity index (χ3v) is 5.05. The lowest BCUT2D eigenvalue weighted by Gasteiger charge is -2.47. The van der Waals surface area contributed by atoms with Gasteiger partial charge in [-0.25, -0.2) is 0 Å². The van der Waals surface area contributed by atoms with Crippen LogP contribution in [-0.2, 0) is 4.74 Å². The summed E-state index contributed by atoms with van der Waals surface area (Å²) in [5.74, 6) is 0. The molecule has 0 aromatic heterocycles. The standard InChI is InChI=1S/C15H30N2O2/c1-3-14(18)12-16-13(2)15(6-4-5-7-15)17-8-10-19-11-9-17/h13-14,16,18H,3-12H2,1-2H3/t13?,14-/m1/s1. The summed E-state index contributed by atoms with van der Waals surface area (Å²) in [6.07, 6.45) is 5.84. The van der Waals surface area contributed by atoms with Gasteiger partial charge in [0.25, 0.3) is 0 Å². The number of hydrogen-bond acceptors (Lipinski definition) is 4. The zero-order chi connectivity index (χ0) is 13.7. The van der Waals surface area contributed by atoms with Gasteiger partial charge in [0.2, 0.25) is 0 Å². The molecule has 4 heteroatoms. The van der Waals surface area contributed by atoms with Gasteiger partial charge in [-0.05, 0) is 26.2 Å². The van der Waals surface area contributed by atoms with Crippen LogP contribution >= 0.6 is 0 Å². The topological polar surface area (TPSA) is 44.7 Å². The molecule has 2 aliphatic rings. The molecule has 0 aromatic carbocycles. The molecule has 4 nitrogen and oxygen atoms in total. The summed E-state index contributed by atoms with van der Waals surface area (Å²) in [5, 5.41) is 13.3. The van der Waals surface area contributed by atoms with Gasteiger partial charge in [0.05, 0.1) is 19.3 Å². The first kappa shape index (κ1) is 15.2. The monoisotopic (exact) mass is 270 g/mol. The highest BCUT2D eigenvalue weighted by molar-refractivity contribution is 5.02. The van der Waals surface area contributed by atoms with E-state index in [1.807, 2.05) is 6.92 Å². The predicted octanol–water partition coefficient (Wildman–Crippen LogP) is 1.38. The molecule has 0 spiro atoms. The largest absolute Gasteiger partial charge is 0.392 e. The van der Waals surface area contributed by atoms with E-state index in [1.54, 1.807) is 0 Å². The summed E-state index contributed by atoms with van der Waals surface area (Å²) in [4.78, 5) is 2.64. The van der Waals surface area contributed by atoms with E-state index in [1.165, 1.54) is 25.7 Å². The molecule has 0 aromatic rings. The Hall–Kier alpha value is -0.160. The Morgan fingerprint density at radius 1 is 1.26 bits per heavy atom. The minimum Gasteiger partial charge on any atom is -0.392 e.